The van der Waals surface area contributed by atoms with Crippen molar-refractivity contribution in [2.75, 3.05) is 0 Å². The summed E-state index contributed by atoms with van der Waals surface area (Å²) in [5, 5.41) is 0. The van der Waals surface area contributed by atoms with Crippen LogP contribution in [0.3, 0.4) is 0 Å². The third-order valence-corrected chi connectivity index (χ3v) is 9.02. The van der Waals surface area contributed by atoms with Crippen LogP contribution in [0.25, 0.3) is 0 Å². The van der Waals surface area contributed by atoms with E-state index >= 15 is 0 Å². The summed E-state index contributed by atoms with van der Waals surface area (Å²) in [7, 11) is 0. The number of hydrogen-bond donors (Lipinski definition) is 2. The molecule has 0 aromatic heterocycles. The molecule has 29 heavy (non-hydrogen) atoms. The van der Waals surface area contributed by atoms with Gasteiger partial charge in [0, 0.05) is 22.2 Å². The van der Waals surface area contributed by atoms with E-state index in [0.29, 0.717) is 17.8 Å². The van der Waals surface area contributed by atoms with E-state index in [1.54, 1.807) is 11.1 Å². The van der Waals surface area contributed by atoms with E-state index in [2.05, 4.69) is 74.5 Å². The Hall–Kier alpha value is -1.70. The maximum Gasteiger partial charge on any atom is 0.0333 e. The van der Waals surface area contributed by atoms with Crippen LogP contribution < -0.4 is 11.5 Å². The Morgan fingerprint density at radius 3 is 1.52 bits per heavy atom. The van der Waals surface area contributed by atoms with Crippen molar-refractivity contribution in [3.05, 3.63) is 57.0 Å². The molecule has 0 spiro atoms. The lowest BCUT2D eigenvalue weighted by molar-refractivity contribution is 0.242. The second-order valence-electron chi connectivity index (χ2n) is 10.5. The first-order valence-electron chi connectivity index (χ1n) is 11.4. The van der Waals surface area contributed by atoms with Gasteiger partial charge >= 0.3 is 0 Å². The molecule has 2 nitrogen and oxygen atoms in total. The lowest BCUT2D eigenvalue weighted by Crippen LogP contribution is -2.43. The fourth-order valence-electron chi connectivity index (χ4n) is 6.35. The molecule has 4 N–H and O–H groups in total. The van der Waals surface area contributed by atoms with Crippen LogP contribution in [0.15, 0.2) is 57.0 Å². The molecule has 0 amide bonds. The fraction of sp³-hybridized carbons (Fsp3) is 0.630. The van der Waals surface area contributed by atoms with Gasteiger partial charge in [0.15, 0.2) is 0 Å². The first kappa shape index (κ1) is 22.0. The molecule has 3 rings (SSSR count). The highest BCUT2D eigenvalue weighted by molar-refractivity contribution is 5.51. The minimum absolute atomic E-state index is 0.0527. The van der Waals surface area contributed by atoms with E-state index in [4.69, 9.17) is 11.5 Å². The van der Waals surface area contributed by atoms with E-state index in [1.807, 2.05) is 0 Å². The average molecular weight is 395 g/mol. The summed E-state index contributed by atoms with van der Waals surface area (Å²) >= 11 is 0. The standard InChI is InChI=1S/C27H42N2/c1-15-13-26(8,20(6)17(3)23(15)28)25(19(5)22-11-10-12-22)27(9)14-16(2)24(29)18(4)21(27)7/h13-14,20-22H,10-12,28-29H2,1-9H3. The van der Waals surface area contributed by atoms with Crippen LogP contribution in [-0.4, -0.2) is 0 Å². The van der Waals surface area contributed by atoms with Crippen LogP contribution >= 0.6 is 0 Å². The first-order chi connectivity index (χ1) is 13.4. The van der Waals surface area contributed by atoms with Crippen molar-refractivity contribution in [1.29, 1.82) is 0 Å². The lowest BCUT2D eigenvalue weighted by Gasteiger charge is -2.52. The van der Waals surface area contributed by atoms with Gasteiger partial charge in [0.2, 0.25) is 0 Å². The molecule has 0 aromatic carbocycles. The van der Waals surface area contributed by atoms with Gasteiger partial charge < -0.3 is 11.5 Å². The van der Waals surface area contributed by atoms with E-state index in [-0.39, 0.29) is 10.8 Å². The van der Waals surface area contributed by atoms with Crippen molar-refractivity contribution in [2.45, 2.75) is 81.6 Å². The van der Waals surface area contributed by atoms with Gasteiger partial charge in [-0.25, -0.2) is 0 Å². The Kier molecular flexibility index (Phi) is 5.47. The number of hydrogen-bond acceptors (Lipinski definition) is 2. The number of allylic oxidation sites excluding steroid dienone is 8. The van der Waals surface area contributed by atoms with Crippen molar-refractivity contribution in [1.82, 2.24) is 0 Å². The van der Waals surface area contributed by atoms with Crippen LogP contribution in [0, 0.1) is 28.6 Å². The molecule has 1 saturated carbocycles. The quantitative estimate of drug-likeness (QED) is 0.519. The highest BCUT2D eigenvalue weighted by atomic mass is 14.6. The minimum Gasteiger partial charge on any atom is -0.399 e. The predicted octanol–water partition coefficient (Wildman–Crippen LogP) is 6.77. The molecule has 0 saturated heterocycles. The molecule has 3 aliphatic rings. The third kappa shape index (κ3) is 3.14. The molecule has 4 atom stereocenters. The average Bonchev–Trinajstić information content (AvgIpc) is 2.60. The normalized spacial score (nSPS) is 35.9. The van der Waals surface area contributed by atoms with E-state index in [0.717, 1.165) is 11.4 Å². The monoisotopic (exact) mass is 394 g/mol. The van der Waals surface area contributed by atoms with Gasteiger partial charge in [0.05, 0.1) is 0 Å². The molecule has 4 unspecified atom stereocenters. The van der Waals surface area contributed by atoms with Crippen LogP contribution in [-0.2, 0) is 0 Å². The highest BCUT2D eigenvalue weighted by Gasteiger charge is 2.49. The highest BCUT2D eigenvalue weighted by Crippen LogP contribution is 2.59. The summed E-state index contributed by atoms with van der Waals surface area (Å²) in [6, 6.07) is 0. The van der Waals surface area contributed by atoms with E-state index in [9.17, 15) is 0 Å². The minimum atomic E-state index is -0.0527. The maximum atomic E-state index is 6.47. The van der Waals surface area contributed by atoms with E-state index < -0.39 is 0 Å². The molecular formula is C27H42N2. The van der Waals surface area contributed by atoms with Gasteiger partial charge in [-0.05, 0) is 87.5 Å². The summed E-state index contributed by atoms with van der Waals surface area (Å²) in [6.07, 6.45) is 8.94. The molecule has 0 radical (unpaired) electrons. The molecule has 0 aromatic rings. The Morgan fingerprint density at radius 1 is 0.828 bits per heavy atom. The second kappa shape index (κ2) is 7.22. The van der Waals surface area contributed by atoms with Gasteiger partial charge in [-0.15, -0.1) is 0 Å². The van der Waals surface area contributed by atoms with Crippen LogP contribution in [0.1, 0.15) is 81.6 Å². The summed E-state index contributed by atoms with van der Waals surface area (Å²) in [5.74, 6) is 1.46. The van der Waals surface area contributed by atoms with Crippen molar-refractivity contribution in [3.8, 4) is 0 Å². The summed E-state index contributed by atoms with van der Waals surface area (Å²) < 4.78 is 0. The molecule has 0 aliphatic heterocycles. The molecule has 2 heteroatoms. The molecule has 0 bridgehead atoms. The van der Waals surface area contributed by atoms with Gasteiger partial charge in [0.25, 0.3) is 0 Å². The number of nitrogens with two attached hydrogens (primary N) is 2. The zero-order chi connectivity index (χ0) is 21.9. The molecule has 0 heterocycles. The Balaban J connectivity index is 2.29. The van der Waals surface area contributed by atoms with Crippen LogP contribution in [0.5, 0.6) is 0 Å². The SMILES string of the molecule is CC1=CC(C)(C(=C(C)C2CCC2)C2(C)C=C(C)C(N)=C(C)C2C)C(C)C(C)=C1N. The lowest BCUT2D eigenvalue weighted by atomic mass is 9.52. The zero-order valence-electron chi connectivity index (χ0n) is 20.2. The maximum absolute atomic E-state index is 6.47. The fourth-order valence-corrected chi connectivity index (χ4v) is 6.35. The Bertz CT molecular complexity index is 814. The molecule has 160 valence electrons. The van der Waals surface area contributed by atoms with Gasteiger partial charge in [-0.3, -0.25) is 0 Å². The van der Waals surface area contributed by atoms with Crippen molar-refractivity contribution >= 4 is 0 Å². The Morgan fingerprint density at radius 2 is 1.21 bits per heavy atom. The second-order valence-corrected chi connectivity index (χ2v) is 10.5. The smallest absolute Gasteiger partial charge is 0.0333 e. The van der Waals surface area contributed by atoms with E-state index in [1.165, 1.54) is 41.6 Å². The molecule has 3 aliphatic carbocycles. The van der Waals surface area contributed by atoms with Gasteiger partial charge in [-0.2, -0.15) is 0 Å². The zero-order valence-corrected chi connectivity index (χ0v) is 20.2. The Labute approximate surface area is 178 Å². The molecular weight excluding hydrogens is 352 g/mol. The topological polar surface area (TPSA) is 52.0 Å². The third-order valence-electron chi connectivity index (χ3n) is 9.02. The van der Waals surface area contributed by atoms with Gasteiger partial charge in [0.1, 0.15) is 0 Å². The van der Waals surface area contributed by atoms with Crippen LogP contribution in [0.4, 0.5) is 0 Å². The van der Waals surface area contributed by atoms with Crippen molar-refractivity contribution in [3.63, 3.8) is 0 Å². The summed E-state index contributed by atoms with van der Waals surface area (Å²) in [4.78, 5) is 0. The predicted molar refractivity (Wildman–Crippen MR) is 126 cm³/mol. The van der Waals surface area contributed by atoms with Crippen molar-refractivity contribution in [2.24, 2.45) is 40.1 Å². The summed E-state index contributed by atoms with van der Waals surface area (Å²) in [6.45, 7) is 20.8. The van der Waals surface area contributed by atoms with Gasteiger partial charge in [-0.1, -0.05) is 57.4 Å². The largest absolute Gasteiger partial charge is 0.399 e. The first-order valence-corrected chi connectivity index (χ1v) is 11.4. The number of rotatable bonds is 3. The van der Waals surface area contributed by atoms with Crippen molar-refractivity contribution < 1.29 is 0 Å². The summed E-state index contributed by atoms with van der Waals surface area (Å²) in [5.41, 5.74) is 23.1. The molecule has 1 fully saturated rings. The van der Waals surface area contributed by atoms with Crippen LogP contribution in [0.2, 0.25) is 0 Å².